The third-order valence-electron chi connectivity index (χ3n) is 1.85. The number of nitrogens with one attached hydrogen (secondary N) is 3. The number of aliphatic hydroxyl groups is 4. The Morgan fingerprint density at radius 2 is 0.762 bits per heavy atom. The maximum Gasteiger partial charge on any atom is 0.0319 e. The summed E-state index contributed by atoms with van der Waals surface area (Å²) in [5.74, 6) is 0. The van der Waals surface area contributed by atoms with Crippen molar-refractivity contribution in [2.24, 2.45) is 0 Å². The number of aliphatic hydroxyl groups excluding tert-OH is 4. The smallest absolute Gasteiger partial charge is 0.0319 e. The SMILES string of the molecule is C1CNCCNCCNCC[N-]1.CO.CO.CO.CO.[Ti]. The van der Waals surface area contributed by atoms with Crippen LogP contribution in [0.5, 0.6) is 0 Å². The summed E-state index contributed by atoms with van der Waals surface area (Å²) in [5.41, 5.74) is 0. The predicted octanol–water partition coefficient (Wildman–Crippen LogP) is -2.43. The van der Waals surface area contributed by atoms with Crippen LogP contribution in [0.15, 0.2) is 0 Å². The van der Waals surface area contributed by atoms with Crippen molar-refractivity contribution in [1.29, 1.82) is 0 Å². The average Bonchev–Trinajstić information content (AvgIpc) is 2.56. The van der Waals surface area contributed by atoms with E-state index in [0.29, 0.717) is 0 Å². The van der Waals surface area contributed by atoms with E-state index in [2.05, 4.69) is 21.3 Å². The molecule has 0 aromatic rings. The molecule has 1 aliphatic rings. The molecule has 132 valence electrons. The Bertz CT molecular complexity index is 76.2. The van der Waals surface area contributed by atoms with Crippen molar-refractivity contribution in [1.82, 2.24) is 16.0 Å². The van der Waals surface area contributed by atoms with Gasteiger partial charge in [0.1, 0.15) is 0 Å². The Kier molecular flexibility index (Phi) is 78.7. The first-order valence-corrected chi connectivity index (χ1v) is 6.54. The molecule has 0 saturated carbocycles. The second kappa shape index (κ2) is 49.9. The third-order valence-corrected chi connectivity index (χ3v) is 1.85. The van der Waals surface area contributed by atoms with Gasteiger partial charge in [-0.15, -0.1) is 13.1 Å². The molecule has 0 amide bonds. The minimum atomic E-state index is 0. The molecule has 0 spiro atoms. The van der Waals surface area contributed by atoms with Gasteiger partial charge in [0.2, 0.25) is 0 Å². The molecule has 7 N–H and O–H groups in total. The van der Waals surface area contributed by atoms with Crippen molar-refractivity contribution in [2.45, 2.75) is 0 Å². The van der Waals surface area contributed by atoms with Crippen LogP contribution >= 0.6 is 0 Å². The van der Waals surface area contributed by atoms with Crippen LogP contribution in [0.4, 0.5) is 0 Å². The fourth-order valence-electron chi connectivity index (χ4n) is 1.16. The Morgan fingerprint density at radius 3 is 1.05 bits per heavy atom. The van der Waals surface area contributed by atoms with Crippen LogP contribution in [0.25, 0.3) is 5.32 Å². The summed E-state index contributed by atoms with van der Waals surface area (Å²) in [6.45, 7) is 8.14. The maximum absolute atomic E-state index is 7.00. The summed E-state index contributed by atoms with van der Waals surface area (Å²) >= 11 is 0. The molecule has 1 fully saturated rings. The van der Waals surface area contributed by atoms with E-state index in [0.717, 1.165) is 80.8 Å². The van der Waals surface area contributed by atoms with Gasteiger partial charge in [-0.1, -0.05) is 0 Å². The topological polar surface area (TPSA) is 131 Å². The molecule has 1 rings (SSSR count). The number of nitrogens with zero attached hydrogens (tertiary/aromatic N) is 1. The number of hydrogen-bond acceptors (Lipinski definition) is 7. The zero-order valence-corrected chi connectivity index (χ0v) is 15.5. The quantitative estimate of drug-likeness (QED) is 0.243. The molecule has 1 aliphatic heterocycles. The minimum absolute atomic E-state index is 0. The molecule has 0 radical (unpaired) electrons. The van der Waals surface area contributed by atoms with E-state index in [9.17, 15) is 0 Å². The van der Waals surface area contributed by atoms with Crippen molar-refractivity contribution in [3.63, 3.8) is 0 Å². The molecule has 0 atom stereocenters. The van der Waals surface area contributed by atoms with Gasteiger partial charge in [0.05, 0.1) is 0 Å². The van der Waals surface area contributed by atoms with E-state index in [1.54, 1.807) is 0 Å². The maximum atomic E-state index is 7.00. The largest absolute Gasteiger partial charge is 0.660 e. The summed E-state index contributed by atoms with van der Waals surface area (Å²) in [5, 5.41) is 42.4. The average molecular weight is 347 g/mol. The molecule has 0 bridgehead atoms. The summed E-state index contributed by atoms with van der Waals surface area (Å²) < 4.78 is 0. The second-order valence-electron chi connectivity index (χ2n) is 2.92. The van der Waals surface area contributed by atoms with E-state index >= 15 is 0 Å². The van der Waals surface area contributed by atoms with Gasteiger partial charge in [-0.3, -0.25) is 0 Å². The van der Waals surface area contributed by atoms with Crippen molar-refractivity contribution in [2.75, 3.05) is 80.8 Å². The Labute approximate surface area is 144 Å². The van der Waals surface area contributed by atoms with E-state index in [4.69, 9.17) is 20.4 Å². The molecular weight excluding hydrogens is 312 g/mol. The molecule has 0 aromatic heterocycles. The zero-order chi connectivity index (χ0) is 16.5. The van der Waals surface area contributed by atoms with Gasteiger partial charge in [0, 0.05) is 76.3 Å². The third kappa shape index (κ3) is 44.9. The van der Waals surface area contributed by atoms with E-state index in [-0.39, 0.29) is 21.7 Å². The minimum Gasteiger partial charge on any atom is -0.660 e. The van der Waals surface area contributed by atoms with Crippen molar-refractivity contribution in [3.05, 3.63) is 5.32 Å². The van der Waals surface area contributed by atoms with Crippen LogP contribution in [0.2, 0.25) is 0 Å². The normalized spacial score (nSPS) is 14.9. The molecule has 9 heteroatoms. The summed E-state index contributed by atoms with van der Waals surface area (Å²) in [4.78, 5) is 0. The second-order valence-corrected chi connectivity index (χ2v) is 2.92. The van der Waals surface area contributed by atoms with Crippen molar-refractivity contribution >= 4 is 0 Å². The van der Waals surface area contributed by atoms with Crippen LogP contribution in [-0.2, 0) is 21.7 Å². The Balaban J connectivity index is -0.0000000823. The molecule has 0 aromatic carbocycles. The van der Waals surface area contributed by atoms with Crippen LogP contribution < -0.4 is 16.0 Å². The summed E-state index contributed by atoms with van der Waals surface area (Å²) in [6, 6.07) is 0. The van der Waals surface area contributed by atoms with Gasteiger partial charge in [-0.05, 0) is 13.1 Å². The van der Waals surface area contributed by atoms with Gasteiger partial charge in [0.25, 0.3) is 0 Å². The van der Waals surface area contributed by atoms with Crippen LogP contribution in [-0.4, -0.2) is 101 Å². The monoisotopic (exact) mass is 347 g/mol. The fourth-order valence-corrected chi connectivity index (χ4v) is 1.16. The first kappa shape index (κ1) is 33.1. The van der Waals surface area contributed by atoms with Gasteiger partial charge in [0.15, 0.2) is 0 Å². The molecule has 1 heterocycles. The zero-order valence-electron chi connectivity index (χ0n) is 13.9. The van der Waals surface area contributed by atoms with Crippen molar-refractivity contribution < 1.29 is 42.1 Å². The van der Waals surface area contributed by atoms with Crippen LogP contribution in [0, 0.1) is 0 Å². The van der Waals surface area contributed by atoms with Crippen LogP contribution in [0.3, 0.4) is 0 Å². The van der Waals surface area contributed by atoms with Gasteiger partial charge >= 0.3 is 0 Å². The molecular formula is C12H35N4O4Ti-. The van der Waals surface area contributed by atoms with Crippen LogP contribution in [0.1, 0.15) is 0 Å². The molecule has 1 saturated heterocycles. The van der Waals surface area contributed by atoms with Gasteiger partial charge < -0.3 is 41.7 Å². The Morgan fingerprint density at radius 1 is 0.524 bits per heavy atom. The van der Waals surface area contributed by atoms with Gasteiger partial charge in [-0.25, -0.2) is 0 Å². The summed E-state index contributed by atoms with van der Waals surface area (Å²) in [6.07, 6.45) is 0. The van der Waals surface area contributed by atoms with Crippen molar-refractivity contribution in [3.8, 4) is 0 Å². The van der Waals surface area contributed by atoms with E-state index in [1.165, 1.54) is 0 Å². The van der Waals surface area contributed by atoms with E-state index in [1.807, 2.05) is 0 Å². The molecule has 0 unspecified atom stereocenters. The van der Waals surface area contributed by atoms with Gasteiger partial charge in [-0.2, -0.15) is 0 Å². The number of rotatable bonds is 0. The molecule has 21 heavy (non-hydrogen) atoms. The fraction of sp³-hybridized carbons (Fsp3) is 1.00. The number of hydrogen-bond donors (Lipinski definition) is 7. The first-order chi connectivity index (χ1) is 10.0. The Hall–Kier alpha value is 0.394. The standard InChI is InChI=1S/C8H19N4.4CH4O.Ti/c1-2-10-5-6-12-8-7-11-4-3-9-1;4*1-2;/h9-11H,1-8H2;4*2H,1H3;/q-1;;;;;. The summed E-state index contributed by atoms with van der Waals surface area (Å²) in [7, 11) is 4.00. The predicted molar refractivity (Wildman–Crippen MR) is 84.3 cm³/mol. The van der Waals surface area contributed by atoms with E-state index < -0.39 is 0 Å². The molecule has 8 nitrogen and oxygen atoms in total. The first-order valence-electron chi connectivity index (χ1n) is 6.54. The molecule has 0 aliphatic carbocycles.